The van der Waals surface area contributed by atoms with Crippen molar-refractivity contribution in [2.24, 2.45) is 0 Å². The third kappa shape index (κ3) is 1.77. The normalized spacial score (nSPS) is 11.0. The minimum Gasteiger partial charge on any atom is -0.122 e. The Labute approximate surface area is 93.1 Å². The number of halogens is 1. The summed E-state index contributed by atoms with van der Waals surface area (Å²) < 4.78 is 3.45. The summed E-state index contributed by atoms with van der Waals surface area (Å²) in [5, 5.41) is 2.06. The molecule has 0 spiro atoms. The molecule has 1 aromatic heterocycles. The van der Waals surface area contributed by atoms with Gasteiger partial charge in [-0.05, 0) is 23.7 Å². The minimum absolute atomic E-state index is 0.888. The Hall–Kier alpha value is -0.600. The van der Waals surface area contributed by atoms with E-state index in [1.807, 2.05) is 6.07 Å². The van der Waals surface area contributed by atoms with E-state index in [-0.39, 0.29) is 0 Å². The highest BCUT2D eigenvalue weighted by Crippen LogP contribution is 2.24. The van der Waals surface area contributed by atoms with E-state index in [2.05, 4.69) is 29.1 Å². The van der Waals surface area contributed by atoms with Gasteiger partial charge in [0, 0.05) is 6.42 Å². The smallest absolute Gasteiger partial charge is 0.122 e. The van der Waals surface area contributed by atoms with Gasteiger partial charge in [-0.3, -0.25) is 0 Å². The molecule has 0 radical (unpaired) electrons. The molecular formula is C11H13ClNS+. The van der Waals surface area contributed by atoms with E-state index >= 15 is 0 Å². The number of aromatic nitrogens is 1. The molecule has 0 atom stereocenters. The topological polar surface area (TPSA) is 3.88 Å². The number of rotatable bonds is 3. The molecule has 0 amide bonds. The fraction of sp³-hybridized carbons (Fsp3) is 0.364. The Morgan fingerprint density at radius 3 is 2.86 bits per heavy atom. The van der Waals surface area contributed by atoms with Gasteiger partial charge in [0.1, 0.15) is 16.2 Å². The highest BCUT2D eigenvalue weighted by Gasteiger charge is 2.16. The SMILES string of the molecule is CCCC[n+]1sc2ccccc2c1Cl. The monoisotopic (exact) mass is 226 g/mol. The van der Waals surface area contributed by atoms with E-state index in [0.29, 0.717) is 0 Å². The summed E-state index contributed by atoms with van der Waals surface area (Å²) in [6.07, 6.45) is 2.40. The third-order valence-electron chi connectivity index (χ3n) is 2.25. The van der Waals surface area contributed by atoms with Gasteiger partial charge >= 0.3 is 0 Å². The first kappa shape index (κ1) is 9.94. The van der Waals surface area contributed by atoms with Crippen LogP contribution in [0.3, 0.4) is 0 Å². The molecule has 1 heterocycles. The van der Waals surface area contributed by atoms with Gasteiger partial charge in [0.2, 0.25) is 0 Å². The van der Waals surface area contributed by atoms with Crippen molar-refractivity contribution in [3.63, 3.8) is 0 Å². The van der Waals surface area contributed by atoms with Crippen molar-refractivity contribution in [2.45, 2.75) is 26.3 Å². The van der Waals surface area contributed by atoms with Gasteiger partial charge in [0.05, 0.1) is 5.39 Å². The average molecular weight is 227 g/mol. The third-order valence-corrected chi connectivity index (χ3v) is 3.90. The second-order valence-electron chi connectivity index (χ2n) is 3.33. The predicted molar refractivity (Wildman–Crippen MR) is 61.9 cm³/mol. The molecule has 0 aliphatic rings. The van der Waals surface area contributed by atoms with E-state index in [1.54, 1.807) is 11.5 Å². The van der Waals surface area contributed by atoms with E-state index in [0.717, 1.165) is 11.7 Å². The lowest BCUT2D eigenvalue weighted by Crippen LogP contribution is -2.29. The number of hydrogen-bond acceptors (Lipinski definition) is 1. The van der Waals surface area contributed by atoms with Crippen molar-refractivity contribution >= 4 is 33.2 Å². The molecule has 3 heteroatoms. The number of benzene rings is 1. The van der Waals surface area contributed by atoms with Crippen molar-refractivity contribution < 1.29 is 3.96 Å². The summed E-state index contributed by atoms with van der Waals surface area (Å²) in [4.78, 5) is 0. The predicted octanol–water partition coefficient (Wildman–Crippen LogP) is 3.64. The Balaban J connectivity index is 2.41. The van der Waals surface area contributed by atoms with Gasteiger partial charge in [-0.2, -0.15) is 0 Å². The number of nitrogens with zero attached hydrogens (tertiary/aromatic N) is 1. The average Bonchev–Trinajstić information content (AvgIpc) is 2.54. The van der Waals surface area contributed by atoms with Gasteiger partial charge in [-0.1, -0.05) is 25.5 Å². The molecule has 74 valence electrons. The second kappa shape index (κ2) is 4.28. The Morgan fingerprint density at radius 2 is 2.14 bits per heavy atom. The van der Waals surface area contributed by atoms with Crippen LogP contribution in [0.2, 0.25) is 5.15 Å². The first-order chi connectivity index (χ1) is 6.83. The second-order valence-corrected chi connectivity index (χ2v) is 4.76. The summed E-state index contributed by atoms with van der Waals surface area (Å²) in [5.74, 6) is 0. The van der Waals surface area contributed by atoms with Gasteiger partial charge in [0.15, 0.2) is 6.54 Å². The first-order valence-corrected chi connectivity index (χ1v) is 6.05. The first-order valence-electron chi connectivity index (χ1n) is 4.90. The van der Waals surface area contributed by atoms with Crippen LogP contribution in [0.1, 0.15) is 19.8 Å². The zero-order valence-corrected chi connectivity index (χ0v) is 9.74. The molecule has 0 aliphatic carbocycles. The standard InChI is InChI=1S/C11H13ClNS/c1-2-3-8-13-11(12)9-6-4-5-7-10(9)14-13/h4-7H,2-3,8H2,1H3/q+1. The maximum Gasteiger partial charge on any atom is 0.297 e. The van der Waals surface area contributed by atoms with Gasteiger partial charge in [0.25, 0.3) is 5.15 Å². The molecule has 1 nitrogen and oxygen atoms in total. The maximum atomic E-state index is 6.27. The van der Waals surface area contributed by atoms with Gasteiger partial charge in [-0.25, -0.2) is 0 Å². The van der Waals surface area contributed by atoms with Crippen LogP contribution in [0.15, 0.2) is 24.3 Å². The van der Waals surface area contributed by atoms with Crippen molar-refractivity contribution in [3.8, 4) is 0 Å². The number of unbranched alkanes of at least 4 members (excludes halogenated alkanes) is 1. The molecular weight excluding hydrogens is 214 g/mol. The maximum absolute atomic E-state index is 6.27. The van der Waals surface area contributed by atoms with Crippen LogP contribution in [0.4, 0.5) is 0 Å². The van der Waals surface area contributed by atoms with Crippen LogP contribution in [0, 0.1) is 0 Å². The van der Waals surface area contributed by atoms with E-state index in [1.165, 1.54) is 22.9 Å². The molecule has 0 fully saturated rings. The molecule has 14 heavy (non-hydrogen) atoms. The zero-order valence-electron chi connectivity index (χ0n) is 8.16. The van der Waals surface area contributed by atoms with Crippen molar-refractivity contribution in [2.75, 3.05) is 0 Å². The van der Waals surface area contributed by atoms with Crippen LogP contribution < -0.4 is 3.96 Å². The van der Waals surface area contributed by atoms with E-state index in [4.69, 9.17) is 11.6 Å². The molecule has 0 aliphatic heterocycles. The Kier molecular flexibility index (Phi) is 3.04. The zero-order chi connectivity index (χ0) is 9.97. The summed E-state index contributed by atoms with van der Waals surface area (Å²) >= 11 is 8.01. The molecule has 0 bridgehead atoms. The Bertz CT molecular complexity index is 436. The van der Waals surface area contributed by atoms with Crippen molar-refractivity contribution in [3.05, 3.63) is 29.4 Å². The highest BCUT2D eigenvalue weighted by molar-refractivity contribution is 7.09. The molecule has 1 aromatic carbocycles. The van der Waals surface area contributed by atoms with E-state index in [9.17, 15) is 0 Å². The van der Waals surface area contributed by atoms with Gasteiger partial charge in [-0.15, -0.1) is 3.96 Å². The summed E-state index contributed by atoms with van der Waals surface area (Å²) in [6.45, 7) is 3.23. The molecule has 2 rings (SSSR count). The Morgan fingerprint density at radius 1 is 1.36 bits per heavy atom. The molecule has 2 aromatic rings. The van der Waals surface area contributed by atoms with Crippen LogP contribution in [-0.4, -0.2) is 0 Å². The van der Waals surface area contributed by atoms with Crippen LogP contribution in [0.5, 0.6) is 0 Å². The number of fused-ring (bicyclic) bond motifs is 1. The molecule has 0 unspecified atom stereocenters. The lowest BCUT2D eigenvalue weighted by atomic mass is 10.3. The fourth-order valence-corrected chi connectivity index (χ4v) is 2.90. The molecule has 0 saturated heterocycles. The fourth-order valence-electron chi connectivity index (χ4n) is 1.46. The minimum atomic E-state index is 0.888. The lowest BCUT2D eigenvalue weighted by Gasteiger charge is -1.88. The summed E-state index contributed by atoms with van der Waals surface area (Å²) in [5.41, 5.74) is 0. The van der Waals surface area contributed by atoms with Gasteiger partial charge < -0.3 is 0 Å². The highest BCUT2D eigenvalue weighted by atomic mass is 35.5. The summed E-state index contributed by atoms with van der Waals surface area (Å²) in [6, 6.07) is 8.29. The number of hydrogen-bond donors (Lipinski definition) is 0. The number of aryl methyl sites for hydroxylation is 1. The van der Waals surface area contributed by atoms with Crippen molar-refractivity contribution in [1.29, 1.82) is 0 Å². The van der Waals surface area contributed by atoms with Crippen LogP contribution in [0.25, 0.3) is 10.1 Å². The van der Waals surface area contributed by atoms with Crippen LogP contribution >= 0.6 is 23.1 Å². The largest absolute Gasteiger partial charge is 0.297 e. The quantitative estimate of drug-likeness (QED) is 0.704. The van der Waals surface area contributed by atoms with E-state index < -0.39 is 0 Å². The summed E-state index contributed by atoms with van der Waals surface area (Å²) in [7, 11) is 0. The molecule has 0 saturated carbocycles. The van der Waals surface area contributed by atoms with Crippen molar-refractivity contribution in [1.82, 2.24) is 0 Å². The lowest BCUT2D eigenvalue weighted by molar-refractivity contribution is -0.626. The van der Waals surface area contributed by atoms with Crippen LogP contribution in [-0.2, 0) is 6.54 Å². The molecule has 0 N–H and O–H groups in total.